The molecule has 3 nitrogen and oxygen atoms in total. The molecule has 19 heavy (non-hydrogen) atoms. The predicted octanol–water partition coefficient (Wildman–Crippen LogP) is 4.35. The van der Waals surface area contributed by atoms with Crippen molar-refractivity contribution >= 4 is 27.5 Å². The van der Waals surface area contributed by atoms with Crippen molar-refractivity contribution in [3.8, 4) is 17.1 Å². The number of benzene rings is 2. The number of hydrogen-bond acceptors (Lipinski definition) is 2. The Morgan fingerprint density at radius 2 is 1.84 bits per heavy atom. The van der Waals surface area contributed by atoms with Gasteiger partial charge in [0.15, 0.2) is 5.82 Å². The molecule has 0 saturated carbocycles. The highest BCUT2D eigenvalue weighted by Crippen LogP contribution is 2.30. The molecule has 0 radical (unpaired) electrons. The third-order valence-corrected chi connectivity index (χ3v) is 3.68. The van der Waals surface area contributed by atoms with E-state index >= 15 is 0 Å². The second-order valence-corrected chi connectivity index (χ2v) is 5.28. The molecule has 1 aromatic heterocycles. The highest BCUT2D eigenvalue weighted by Gasteiger charge is 2.12. The predicted molar refractivity (Wildman–Crippen MR) is 79.5 cm³/mol. The maximum atomic E-state index is 6.05. The fraction of sp³-hybridized carbons (Fsp3) is 0. The van der Waals surface area contributed by atoms with Gasteiger partial charge in [-0.25, -0.2) is 0 Å². The number of para-hydroxylation sites is 1. The Labute approximate surface area is 124 Å². The number of nitrogens with zero attached hydrogens (tertiary/aromatic N) is 3. The van der Waals surface area contributed by atoms with Crippen molar-refractivity contribution in [3.63, 3.8) is 0 Å². The summed E-state index contributed by atoms with van der Waals surface area (Å²) in [7, 11) is 0. The minimum Gasteiger partial charge on any atom is -0.282 e. The van der Waals surface area contributed by atoms with Crippen LogP contribution in [-0.4, -0.2) is 14.8 Å². The minimum absolute atomic E-state index is 0.667. The third kappa shape index (κ3) is 2.41. The number of halogens is 2. The van der Waals surface area contributed by atoms with Crippen LogP contribution in [0.25, 0.3) is 17.1 Å². The summed E-state index contributed by atoms with van der Waals surface area (Å²) in [5.41, 5.74) is 1.92. The standard InChI is InChI=1S/C14H9BrClN3/c15-13-7-6-10(16)8-12(13)14-18-17-9-19(14)11-4-2-1-3-5-11/h1-9H. The van der Waals surface area contributed by atoms with E-state index in [1.807, 2.05) is 53.1 Å². The van der Waals surface area contributed by atoms with E-state index in [1.54, 1.807) is 6.33 Å². The van der Waals surface area contributed by atoms with Gasteiger partial charge in [-0.1, -0.05) is 45.7 Å². The van der Waals surface area contributed by atoms with Crippen LogP contribution in [0.1, 0.15) is 0 Å². The van der Waals surface area contributed by atoms with E-state index < -0.39 is 0 Å². The van der Waals surface area contributed by atoms with Crippen LogP contribution in [0.2, 0.25) is 5.02 Å². The Balaban J connectivity index is 2.18. The first-order valence-electron chi connectivity index (χ1n) is 5.66. The molecule has 0 atom stereocenters. The molecule has 2 aromatic carbocycles. The largest absolute Gasteiger partial charge is 0.282 e. The minimum atomic E-state index is 0.667. The Kier molecular flexibility index (Phi) is 3.36. The molecule has 1 heterocycles. The van der Waals surface area contributed by atoms with Crippen LogP contribution < -0.4 is 0 Å². The second kappa shape index (κ2) is 5.15. The fourth-order valence-electron chi connectivity index (χ4n) is 1.87. The van der Waals surface area contributed by atoms with Crippen molar-refractivity contribution in [2.75, 3.05) is 0 Å². The van der Waals surface area contributed by atoms with E-state index in [9.17, 15) is 0 Å². The van der Waals surface area contributed by atoms with Crippen LogP contribution in [0.15, 0.2) is 59.3 Å². The lowest BCUT2D eigenvalue weighted by Crippen LogP contribution is -1.96. The first kappa shape index (κ1) is 12.4. The van der Waals surface area contributed by atoms with Crippen LogP contribution in [0.5, 0.6) is 0 Å². The Hall–Kier alpha value is -1.65. The van der Waals surface area contributed by atoms with Crippen LogP contribution >= 0.6 is 27.5 Å². The van der Waals surface area contributed by atoms with E-state index in [4.69, 9.17) is 11.6 Å². The number of aromatic nitrogens is 3. The molecule has 0 aliphatic carbocycles. The summed E-state index contributed by atoms with van der Waals surface area (Å²) >= 11 is 9.57. The van der Waals surface area contributed by atoms with Gasteiger partial charge in [-0.2, -0.15) is 0 Å². The van der Waals surface area contributed by atoms with E-state index in [0.717, 1.165) is 21.5 Å². The zero-order valence-electron chi connectivity index (χ0n) is 9.79. The average Bonchev–Trinajstić information content (AvgIpc) is 2.91. The summed E-state index contributed by atoms with van der Waals surface area (Å²) < 4.78 is 2.86. The van der Waals surface area contributed by atoms with Gasteiger partial charge in [0.2, 0.25) is 0 Å². The quantitative estimate of drug-likeness (QED) is 0.697. The molecular weight excluding hydrogens is 326 g/mol. The summed E-state index contributed by atoms with van der Waals surface area (Å²) in [5, 5.41) is 8.85. The van der Waals surface area contributed by atoms with Crippen molar-refractivity contribution in [2.45, 2.75) is 0 Å². The molecule has 3 rings (SSSR count). The number of rotatable bonds is 2. The van der Waals surface area contributed by atoms with Crippen LogP contribution in [0.4, 0.5) is 0 Å². The topological polar surface area (TPSA) is 30.7 Å². The molecule has 0 fully saturated rings. The third-order valence-electron chi connectivity index (χ3n) is 2.75. The smallest absolute Gasteiger partial charge is 0.169 e. The summed E-state index contributed by atoms with van der Waals surface area (Å²) in [6.07, 6.45) is 1.69. The Morgan fingerprint density at radius 3 is 2.63 bits per heavy atom. The zero-order chi connectivity index (χ0) is 13.2. The Bertz CT molecular complexity index is 710. The summed E-state index contributed by atoms with van der Waals surface area (Å²) in [5.74, 6) is 0.751. The van der Waals surface area contributed by atoms with E-state index in [0.29, 0.717) is 5.02 Å². The molecule has 0 amide bonds. The fourth-order valence-corrected chi connectivity index (χ4v) is 2.46. The van der Waals surface area contributed by atoms with Gasteiger partial charge in [-0.05, 0) is 30.3 Å². The van der Waals surface area contributed by atoms with E-state index in [2.05, 4.69) is 26.1 Å². The SMILES string of the molecule is Clc1ccc(Br)c(-c2nncn2-c2ccccc2)c1. The summed E-state index contributed by atoms with van der Waals surface area (Å²) in [6.45, 7) is 0. The highest BCUT2D eigenvalue weighted by molar-refractivity contribution is 9.10. The highest BCUT2D eigenvalue weighted by atomic mass is 79.9. The van der Waals surface area contributed by atoms with Crippen molar-refractivity contribution in [3.05, 3.63) is 64.4 Å². The van der Waals surface area contributed by atoms with Crippen molar-refractivity contribution in [1.82, 2.24) is 14.8 Å². The molecule has 0 unspecified atom stereocenters. The van der Waals surface area contributed by atoms with Gasteiger partial charge in [-0.3, -0.25) is 4.57 Å². The number of hydrogen-bond donors (Lipinski definition) is 0. The van der Waals surface area contributed by atoms with Gasteiger partial charge < -0.3 is 0 Å². The molecule has 94 valence electrons. The molecule has 0 aliphatic heterocycles. The molecular formula is C14H9BrClN3. The molecule has 0 saturated heterocycles. The molecule has 3 aromatic rings. The van der Waals surface area contributed by atoms with E-state index in [1.165, 1.54) is 0 Å². The van der Waals surface area contributed by atoms with Crippen LogP contribution in [-0.2, 0) is 0 Å². The lowest BCUT2D eigenvalue weighted by atomic mass is 10.2. The van der Waals surface area contributed by atoms with Crippen molar-refractivity contribution in [1.29, 1.82) is 0 Å². The molecule has 0 N–H and O–H groups in total. The van der Waals surface area contributed by atoms with Gasteiger partial charge in [0.1, 0.15) is 6.33 Å². The zero-order valence-corrected chi connectivity index (χ0v) is 12.1. The van der Waals surface area contributed by atoms with Gasteiger partial charge >= 0.3 is 0 Å². The van der Waals surface area contributed by atoms with Gasteiger partial charge in [0.05, 0.1) is 0 Å². The van der Waals surface area contributed by atoms with Crippen molar-refractivity contribution < 1.29 is 0 Å². The lowest BCUT2D eigenvalue weighted by molar-refractivity contribution is 1.06. The van der Waals surface area contributed by atoms with Gasteiger partial charge in [-0.15, -0.1) is 10.2 Å². The molecule has 0 bridgehead atoms. The lowest BCUT2D eigenvalue weighted by Gasteiger charge is -2.08. The molecule has 5 heteroatoms. The first-order chi connectivity index (χ1) is 9.25. The maximum Gasteiger partial charge on any atom is 0.169 e. The van der Waals surface area contributed by atoms with Crippen molar-refractivity contribution in [2.24, 2.45) is 0 Å². The second-order valence-electron chi connectivity index (χ2n) is 3.98. The van der Waals surface area contributed by atoms with E-state index in [-0.39, 0.29) is 0 Å². The normalized spacial score (nSPS) is 10.6. The Morgan fingerprint density at radius 1 is 1.05 bits per heavy atom. The maximum absolute atomic E-state index is 6.05. The average molecular weight is 335 g/mol. The monoisotopic (exact) mass is 333 g/mol. The van der Waals surface area contributed by atoms with Crippen LogP contribution in [0.3, 0.4) is 0 Å². The van der Waals surface area contributed by atoms with Gasteiger partial charge in [0.25, 0.3) is 0 Å². The molecule has 0 spiro atoms. The summed E-state index contributed by atoms with van der Waals surface area (Å²) in [6, 6.07) is 15.5. The first-order valence-corrected chi connectivity index (χ1v) is 6.83. The molecule has 0 aliphatic rings. The van der Waals surface area contributed by atoms with Gasteiger partial charge in [0, 0.05) is 20.7 Å². The summed E-state index contributed by atoms with van der Waals surface area (Å²) in [4.78, 5) is 0. The van der Waals surface area contributed by atoms with Crippen LogP contribution in [0, 0.1) is 0 Å².